The van der Waals surface area contributed by atoms with Gasteiger partial charge in [0, 0.05) is 11.3 Å². The zero-order valence-corrected chi connectivity index (χ0v) is 15.1. The fourth-order valence-electron chi connectivity index (χ4n) is 2.49. The van der Waals surface area contributed by atoms with Crippen LogP contribution in [0.25, 0.3) is 11.5 Å². The zero-order chi connectivity index (χ0) is 19.2. The van der Waals surface area contributed by atoms with Gasteiger partial charge in [0.15, 0.2) is 6.10 Å². The minimum Gasteiger partial charge on any atom is -0.452 e. The minimum atomic E-state index is -0.918. The number of hydrogen-bond acceptors (Lipinski definition) is 5. The van der Waals surface area contributed by atoms with Crippen LogP contribution in [0.1, 0.15) is 18.4 Å². The van der Waals surface area contributed by atoms with E-state index in [1.165, 1.54) is 6.92 Å². The van der Waals surface area contributed by atoms with E-state index in [1.807, 2.05) is 48.5 Å². The monoisotopic (exact) mass is 364 g/mol. The molecule has 27 heavy (non-hydrogen) atoms. The number of aromatic nitrogens is 1. The Morgan fingerprint density at radius 2 is 1.70 bits per heavy atom. The van der Waals surface area contributed by atoms with Gasteiger partial charge in [-0.3, -0.25) is 9.59 Å². The van der Waals surface area contributed by atoms with Crippen LogP contribution in [-0.2, 0) is 20.7 Å². The van der Waals surface area contributed by atoms with Crippen molar-refractivity contribution >= 4 is 17.6 Å². The summed E-state index contributed by atoms with van der Waals surface area (Å²) >= 11 is 0. The molecule has 3 aromatic rings. The van der Waals surface area contributed by atoms with E-state index in [2.05, 4.69) is 10.3 Å². The third-order valence-corrected chi connectivity index (χ3v) is 3.94. The molecule has 1 unspecified atom stereocenters. The molecule has 1 amide bonds. The molecule has 1 aromatic heterocycles. The van der Waals surface area contributed by atoms with Crippen LogP contribution in [0.4, 0.5) is 5.69 Å². The minimum absolute atomic E-state index is 0.0644. The van der Waals surface area contributed by atoms with E-state index in [0.29, 0.717) is 23.0 Å². The number of amides is 1. The second kappa shape index (κ2) is 8.31. The van der Waals surface area contributed by atoms with Crippen LogP contribution in [0, 0.1) is 6.92 Å². The topological polar surface area (TPSA) is 81.4 Å². The summed E-state index contributed by atoms with van der Waals surface area (Å²) in [5.41, 5.74) is 1.97. The number of ether oxygens (including phenoxy) is 1. The third-order valence-electron chi connectivity index (χ3n) is 3.94. The molecule has 6 nitrogen and oxygen atoms in total. The van der Waals surface area contributed by atoms with E-state index < -0.39 is 18.0 Å². The quantitative estimate of drug-likeness (QED) is 0.674. The Morgan fingerprint density at radius 3 is 2.37 bits per heavy atom. The van der Waals surface area contributed by atoms with E-state index in [-0.39, 0.29) is 6.42 Å². The van der Waals surface area contributed by atoms with Crippen molar-refractivity contribution < 1.29 is 18.7 Å². The Balaban J connectivity index is 1.59. The smallest absolute Gasteiger partial charge is 0.312 e. The van der Waals surface area contributed by atoms with Gasteiger partial charge in [0.25, 0.3) is 5.91 Å². The summed E-state index contributed by atoms with van der Waals surface area (Å²) in [5, 5.41) is 2.70. The number of hydrogen-bond donors (Lipinski definition) is 1. The standard InChI is InChI=1S/C21H20N2O4/c1-14-18(23-21(27-14)16-9-5-3-6-10-16)13-19(24)26-15(2)20(25)22-17-11-7-4-8-12-17/h3-12,15H,13H2,1-2H3,(H,22,25). The lowest BCUT2D eigenvalue weighted by atomic mass is 10.2. The van der Waals surface area contributed by atoms with Crippen molar-refractivity contribution in [1.82, 2.24) is 4.98 Å². The number of oxazole rings is 1. The maximum atomic E-state index is 12.2. The number of carbonyl (C=O) groups is 2. The Hall–Kier alpha value is -3.41. The lowest BCUT2D eigenvalue weighted by Crippen LogP contribution is -2.30. The van der Waals surface area contributed by atoms with Crippen LogP contribution in [0.15, 0.2) is 65.1 Å². The van der Waals surface area contributed by atoms with E-state index in [0.717, 1.165) is 5.56 Å². The average molecular weight is 364 g/mol. The summed E-state index contributed by atoms with van der Waals surface area (Å²) in [6.07, 6.45) is -0.982. The number of esters is 1. The predicted octanol–water partition coefficient (Wildman–Crippen LogP) is 3.76. The van der Waals surface area contributed by atoms with Crippen molar-refractivity contribution in [2.75, 3.05) is 5.32 Å². The highest BCUT2D eigenvalue weighted by Gasteiger charge is 2.21. The van der Waals surface area contributed by atoms with Crippen molar-refractivity contribution in [2.45, 2.75) is 26.4 Å². The van der Waals surface area contributed by atoms with Gasteiger partial charge in [-0.1, -0.05) is 36.4 Å². The number of aryl methyl sites for hydroxylation is 1. The number of rotatable bonds is 6. The van der Waals surface area contributed by atoms with Gasteiger partial charge < -0.3 is 14.5 Å². The molecule has 0 aliphatic rings. The van der Waals surface area contributed by atoms with E-state index in [1.54, 1.807) is 19.1 Å². The first kappa shape index (κ1) is 18.4. The molecule has 0 saturated carbocycles. The fraction of sp³-hybridized carbons (Fsp3) is 0.190. The van der Waals surface area contributed by atoms with Gasteiger partial charge in [-0.2, -0.15) is 0 Å². The molecular formula is C21H20N2O4. The number of anilines is 1. The average Bonchev–Trinajstić information content (AvgIpc) is 3.03. The van der Waals surface area contributed by atoms with Gasteiger partial charge in [-0.15, -0.1) is 0 Å². The van der Waals surface area contributed by atoms with E-state index in [4.69, 9.17) is 9.15 Å². The first-order valence-electron chi connectivity index (χ1n) is 8.60. The molecule has 1 N–H and O–H groups in total. The fourth-order valence-corrected chi connectivity index (χ4v) is 2.49. The van der Waals surface area contributed by atoms with Crippen LogP contribution >= 0.6 is 0 Å². The van der Waals surface area contributed by atoms with Crippen molar-refractivity contribution in [2.24, 2.45) is 0 Å². The first-order chi connectivity index (χ1) is 13.0. The maximum absolute atomic E-state index is 12.2. The highest BCUT2D eigenvalue weighted by molar-refractivity contribution is 5.95. The van der Waals surface area contributed by atoms with E-state index in [9.17, 15) is 9.59 Å². The molecule has 6 heteroatoms. The molecular weight excluding hydrogens is 344 g/mol. The lowest BCUT2D eigenvalue weighted by molar-refractivity contribution is -0.152. The zero-order valence-electron chi connectivity index (χ0n) is 15.1. The highest BCUT2D eigenvalue weighted by Crippen LogP contribution is 2.22. The number of carbonyl (C=O) groups excluding carboxylic acids is 2. The lowest BCUT2D eigenvalue weighted by Gasteiger charge is -2.13. The molecule has 0 radical (unpaired) electrons. The third kappa shape index (κ3) is 4.82. The second-order valence-electron chi connectivity index (χ2n) is 6.05. The summed E-state index contributed by atoms with van der Waals surface area (Å²) < 4.78 is 10.9. The SMILES string of the molecule is Cc1oc(-c2ccccc2)nc1CC(=O)OC(C)C(=O)Nc1ccccc1. The van der Waals surface area contributed by atoms with Crippen LogP contribution in [0.3, 0.4) is 0 Å². The molecule has 1 atom stereocenters. The van der Waals surface area contributed by atoms with Gasteiger partial charge >= 0.3 is 5.97 Å². The molecule has 0 aliphatic heterocycles. The molecule has 1 heterocycles. The Kier molecular flexibility index (Phi) is 5.66. The summed E-state index contributed by atoms with van der Waals surface area (Å²) in [7, 11) is 0. The largest absolute Gasteiger partial charge is 0.452 e. The second-order valence-corrected chi connectivity index (χ2v) is 6.05. The molecule has 0 spiro atoms. The van der Waals surface area contributed by atoms with Crippen LogP contribution in [0.2, 0.25) is 0 Å². The summed E-state index contributed by atoms with van der Waals surface area (Å²) in [4.78, 5) is 28.7. The normalized spacial score (nSPS) is 11.6. The predicted molar refractivity (Wildman–Crippen MR) is 101 cm³/mol. The summed E-state index contributed by atoms with van der Waals surface area (Å²) in [5.74, 6) is 0.0658. The van der Waals surface area contributed by atoms with Crippen molar-refractivity contribution in [3.8, 4) is 11.5 Å². The molecule has 138 valence electrons. The highest BCUT2D eigenvalue weighted by atomic mass is 16.5. The van der Waals surface area contributed by atoms with Crippen molar-refractivity contribution in [3.63, 3.8) is 0 Å². The Morgan fingerprint density at radius 1 is 1.07 bits per heavy atom. The van der Waals surface area contributed by atoms with Crippen molar-refractivity contribution in [1.29, 1.82) is 0 Å². The van der Waals surface area contributed by atoms with E-state index >= 15 is 0 Å². The van der Waals surface area contributed by atoms with Gasteiger partial charge in [-0.25, -0.2) is 4.98 Å². The van der Waals surface area contributed by atoms with Crippen molar-refractivity contribution in [3.05, 3.63) is 72.1 Å². The molecule has 0 bridgehead atoms. The maximum Gasteiger partial charge on any atom is 0.312 e. The van der Waals surface area contributed by atoms with Crippen LogP contribution < -0.4 is 5.32 Å². The molecule has 3 rings (SSSR count). The van der Waals surface area contributed by atoms with Gasteiger partial charge in [-0.05, 0) is 38.1 Å². The molecule has 0 aliphatic carbocycles. The number of benzene rings is 2. The van der Waals surface area contributed by atoms with Crippen LogP contribution in [0.5, 0.6) is 0 Å². The molecule has 2 aromatic carbocycles. The Bertz CT molecular complexity index is 920. The summed E-state index contributed by atoms with van der Waals surface area (Å²) in [6.45, 7) is 3.27. The number of nitrogens with zero attached hydrogens (tertiary/aromatic N) is 1. The number of para-hydroxylation sites is 1. The Labute approximate surface area is 157 Å². The molecule has 0 fully saturated rings. The van der Waals surface area contributed by atoms with Gasteiger partial charge in [0.1, 0.15) is 5.76 Å². The summed E-state index contributed by atoms with van der Waals surface area (Å²) in [6, 6.07) is 18.4. The number of nitrogens with one attached hydrogen (secondary N) is 1. The molecule has 0 saturated heterocycles. The van der Waals surface area contributed by atoms with Gasteiger partial charge in [0.05, 0.1) is 12.1 Å². The van der Waals surface area contributed by atoms with Crippen LogP contribution in [-0.4, -0.2) is 23.0 Å². The first-order valence-corrected chi connectivity index (χ1v) is 8.60. The van der Waals surface area contributed by atoms with Gasteiger partial charge in [0.2, 0.25) is 5.89 Å².